The van der Waals surface area contributed by atoms with Crippen molar-refractivity contribution < 1.29 is 4.39 Å². The van der Waals surface area contributed by atoms with Gasteiger partial charge in [0, 0.05) is 35.1 Å². The summed E-state index contributed by atoms with van der Waals surface area (Å²) in [5, 5.41) is 0.888. The van der Waals surface area contributed by atoms with Gasteiger partial charge < -0.3 is 0 Å². The Bertz CT molecular complexity index is 756. The van der Waals surface area contributed by atoms with Crippen LogP contribution in [0.2, 0.25) is 0 Å². The second-order valence-corrected chi connectivity index (χ2v) is 4.42. The number of benzene rings is 1. The third-order valence-electron chi connectivity index (χ3n) is 3.14. The Balaban J connectivity index is 2.15. The molecule has 0 aliphatic rings. The van der Waals surface area contributed by atoms with Gasteiger partial charge in [0.05, 0.1) is 5.52 Å². The van der Waals surface area contributed by atoms with E-state index in [2.05, 4.69) is 21.5 Å². The van der Waals surface area contributed by atoms with E-state index in [4.69, 9.17) is 0 Å². The fourth-order valence-corrected chi connectivity index (χ4v) is 2.18. The van der Waals surface area contributed by atoms with Gasteiger partial charge in [0.2, 0.25) is 0 Å². The highest BCUT2D eigenvalue weighted by atomic mass is 19.1. The molecule has 1 atom stereocenters. The Hall–Kier alpha value is -2.62. The van der Waals surface area contributed by atoms with E-state index in [-0.39, 0.29) is 0 Å². The second kappa shape index (κ2) is 5.17. The van der Waals surface area contributed by atoms with E-state index in [9.17, 15) is 4.39 Å². The van der Waals surface area contributed by atoms with Crippen molar-refractivity contribution in [3.63, 3.8) is 0 Å². The van der Waals surface area contributed by atoms with Crippen molar-refractivity contribution >= 4 is 17.0 Å². The number of hydrogen-bond donors (Lipinski definition) is 0. The number of alkyl halides is 1. The van der Waals surface area contributed by atoms with Crippen LogP contribution in [0.1, 0.15) is 22.9 Å². The summed E-state index contributed by atoms with van der Waals surface area (Å²) in [5.41, 5.74) is 2.63. The summed E-state index contributed by atoms with van der Waals surface area (Å²) in [7, 11) is 0. The van der Waals surface area contributed by atoms with Crippen LogP contribution in [0.15, 0.2) is 55.8 Å². The maximum absolute atomic E-state index is 14.6. The zero-order chi connectivity index (χ0) is 13.9. The number of nitrogens with zero attached hydrogens (tertiary/aromatic N) is 3. The predicted octanol–water partition coefficient (Wildman–Crippen LogP) is 3.73. The number of rotatable bonds is 3. The lowest BCUT2D eigenvalue weighted by Crippen LogP contribution is -1.97. The molecule has 3 aromatic rings. The highest BCUT2D eigenvalue weighted by Gasteiger charge is 2.15. The fraction of sp³-hybridized carbons (Fsp3) is 0.0625. The third-order valence-corrected chi connectivity index (χ3v) is 3.14. The normalized spacial score (nSPS) is 12.2. The van der Waals surface area contributed by atoms with E-state index in [0.29, 0.717) is 11.1 Å². The summed E-state index contributed by atoms with van der Waals surface area (Å²) in [6.45, 7) is 3.77. The van der Waals surface area contributed by atoms with Crippen molar-refractivity contribution in [2.75, 3.05) is 0 Å². The highest BCUT2D eigenvalue weighted by molar-refractivity contribution is 5.87. The standard InChI is InChI=1S/C16H12FN3/c1-2-11-6-13(7-12-4-3-5-20-16(11)12)15(17)14-8-18-10-19-9-14/h2-10,15H,1H2. The molecule has 0 bridgehead atoms. The topological polar surface area (TPSA) is 38.7 Å². The first-order valence-electron chi connectivity index (χ1n) is 6.19. The summed E-state index contributed by atoms with van der Waals surface area (Å²) < 4.78 is 14.6. The first kappa shape index (κ1) is 12.4. The molecular formula is C16H12FN3. The van der Waals surface area contributed by atoms with Gasteiger partial charge in [-0.3, -0.25) is 4.98 Å². The average Bonchev–Trinajstić information content (AvgIpc) is 2.54. The van der Waals surface area contributed by atoms with E-state index < -0.39 is 6.17 Å². The Labute approximate surface area is 115 Å². The summed E-state index contributed by atoms with van der Waals surface area (Å²) >= 11 is 0. The van der Waals surface area contributed by atoms with Gasteiger partial charge in [0.15, 0.2) is 6.17 Å². The van der Waals surface area contributed by atoms with Crippen LogP contribution < -0.4 is 0 Å². The number of hydrogen-bond acceptors (Lipinski definition) is 3. The summed E-state index contributed by atoms with van der Waals surface area (Å²) in [5.74, 6) is 0. The lowest BCUT2D eigenvalue weighted by atomic mass is 9.99. The lowest BCUT2D eigenvalue weighted by Gasteiger charge is -2.11. The van der Waals surface area contributed by atoms with Crippen LogP contribution in [0.25, 0.3) is 17.0 Å². The molecule has 3 rings (SSSR count). The lowest BCUT2D eigenvalue weighted by molar-refractivity contribution is 0.400. The molecule has 0 spiro atoms. The monoisotopic (exact) mass is 265 g/mol. The first-order valence-corrected chi connectivity index (χ1v) is 6.19. The van der Waals surface area contributed by atoms with Crippen LogP contribution in [0.4, 0.5) is 4.39 Å². The van der Waals surface area contributed by atoms with Crippen LogP contribution in [-0.4, -0.2) is 15.0 Å². The molecule has 3 nitrogen and oxygen atoms in total. The predicted molar refractivity (Wildman–Crippen MR) is 76.8 cm³/mol. The molecule has 0 aliphatic carbocycles. The molecule has 2 heterocycles. The molecule has 2 aromatic heterocycles. The Morgan fingerprint density at radius 2 is 1.95 bits per heavy atom. The van der Waals surface area contributed by atoms with Crippen molar-refractivity contribution in [2.24, 2.45) is 0 Å². The molecule has 4 heteroatoms. The second-order valence-electron chi connectivity index (χ2n) is 4.42. The summed E-state index contributed by atoms with van der Waals surface area (Å²) in [6.07, 6.45) is 6.49. The molecule has 98 valence electrons. The number of fused-ring (bicyclic) bond motifs is 1. The van der Waals surface area contributed by atoms with Crippen LogP contribution in [0.5, 0.6) is 0 Å². The zero-order valence-electron chi connectivity index (χ0n) is 10.7. The molecule has 0 saturated carbocycles. The maximum atomic E-state index is 14.6. The Kier molecular flexibility index (Phi) is 3.21. The van der Waals surface area contributed by atoms with Crippen molar-refractivity contribution in [3.05, 3.63) is 72.5 Å². The minimum absolute atomic E-state index is 0.436. The van der Waals surface area contributed by atoms with Crippen molar-refractivity contribution in [2.45, 2.75) is 6.17 Å². The van der Waals surface area contributed by atoms with E-state index in [1.165, 1.54) is 18.7 Å². The molecule has 20 heavy (non-hydrogen) atoms. The largest absolute Gasteiger partial charge is 0.256 e. The SMILES string of the molecule is C=Cc1cc(C(F)c2cncnc2)cc2cccnc12. The number of pyridine rings is 1. The van der Waals surface area contributed by atoms with Gasteiger partial charge in [-0.15, -0.1) is 0 Å². The maximum Gasteiger partial charge on any atom is 0.153 e. The minimum Gasteiger partial charge on any atom is -0.256 e. The Morgan fingerprint density at radius 1 is 1.15 bits per heavy atom. The van der Waals surface area contributed by atoms with Crippen molar-refractivity contribution in [3.8, 4) is 0 Å². The van der Waals surface area contributed by atoms with Gasteiger partial charge in [-0.2, -0.15) is 0 Å². The van der Waals surface area contributed by atoms with Gasteiger partial charge in [-0.1, -0.05) is 18.7 Å². The van der Waals surface area contributed by atoms with E-state index in [1.54, 1.807) is 24.4 Å². The van der Waals surface area contributed by atoms with Crippen LogP contribution in [0.3, 0.4) is 0 Å². The molecule has 0 N–H and O–H groups in total. The van der Waals surface area contributed by atoms with E-state index in [0.717, 1.165) is 16.5 Å². The molecular weight excluding hydrogens is 253 g/mol. The molecule has 0 amide bonds. The molecule has 0 fully saturated rings. The van der Waals surface area contributed by atoms with Gasteiger partial charge in [-0.25, -0.2) is 14.4 Å². The van der Waals surface area contributed by atoms with Crippen molar-refractivity contribution in [1.29, 1.82) is 0 Å². The third kappa shape index (κ3) is 2.16. The molecule has 0 aliphatic heterocycles. The quantitative estimate of drug-likeness (QED) is 0.724. The fourth-order valence-electron chi connectivity index (χ4n) is 2.18. The van der Waals surface area contributed by atoms with Gasteiger partial charge in [0.1, 0.15) is 6.33 Å². The van der Waals surface area contributed by atoms with Crippen LogP contribution >= 0.6 is 0 Å². The van der Waals surface area contributed by atoms with E-state index >= 15 is 0 Å². The summed E-state index contributed by atoms with van der Waals surface area (Å²) in [4.78, 5) is 12.0. The molecule has 1 aromatic carbocycles. The molecule has 1 unspecified atom stereocenters. The van der Waals surface area contributed by atoms with Gasteiger partial charge in [-0.05, 0) is 23.8 Å². The molecule has 0 saturated heterocycles. The number of aromatic nitrogens is 3. The Morgan fingerprint density at radius 3 is 2.70 bits per heavy atom. The van der Waals surface area contributed by atoms with Gasteiger partial charge >= 0.3 is 0 Å². The van der Waals surface area contributed by atoms with Crippen molar-refractivity contribution in [1.82, 2.24) is 15.0 Å². The average molecular weight is 265 g/mol. The first-order chi connectivity index (χ1) is 9.79. The van der Waals surface area contributed by atoms with Crippen LogP contribution in [-0.2, 0) is 0 Å². The summed E-state index contributed by atoms with van der Waals surface area (Å²) in [6, 6.07) is 7.30. The highest BCUT2D eigenvalue weighted by Crippen LogP contribution is 2.29. The smallest absolute Gasteiger partial charge is 0.153 e. The minimum atomic E-state index is -1.26. The van der Waals surface area contributed by atoms with E-state index in [1.807, 2.05) is 12.1 Å². The number of halogens is 1. The van der Waals surface area contributed by atoms with Crippen LogP contribution in [0, 0.1) is 0 Å². The van der Waals surface area contributed by atoms with Gasteiger partial charge in [0.25, 0.3) is 0 Å². The zero-order valence-corrected chi connectivity index (χ0v) is 10.7. The molecule has 0 radical (unpaired) electrons.